The smallest absolute Gasteiger partial charge is 0.550 e. The van der Waals surface area contributed by atoms with E-state index in [1.54, 1.807) is 0 Å². The number of carboxylic acids is 1. The molecule has 112 valence electrons. The number of carbonyl (C=O) groups excluding carboxylic acids is 3. The Labute approximate surface area is 146 Å². The Morgan fingerprint density at radius 1 is 0.952 bits per heavy atom. The Kier molecular flexibility index (Phi) is 12.2. The molecule has 21 heavy (non-hydrogen) atoms. The third-order valence-electron chi connectivity index (χ3n) is 2.43. The summed E-state index contributed by atoms with van der Waals surface area (Å²) in [5, 5.41) is 10.9. The maximum absolute atomic E-state index is 11.1. The molecule has 0 N–H and O–H groups in total. The molecule has 0 aliphatic carbocycles. The molecule has 0 aliphatic rings. The minimum Gasteiger partial charge on any atom is -0.550 e. The normalized spacial score (nSPS) is 9.48. The molecular weight excluding hydrogens is 287 g/mol. The van der Waals surface area contributed by atoms with Crippen molar-refractivity contribution in [2.24, 2.45) is 5.92 Å². The summed E-state index contributed by atoms with van der Waals surface area (Å²) in [6, 6.07) is 0. The van der Waals surface area contributed by atoms with Crippen molar-refractivity contribution in [2.75, 3.05) is 13.2 Å². The Bertz CT molecular complexity index is 384. The van der Waals surface area contributed by atoms with Crippen LogP contribution in [0.3, 0.4) is 0 Å². The topological polar surface area (TPSA) is 92.7 Å². The van der Waals surface area contributed by atoms with E-state index < -0.39 is 23.8 Å². The van der Waals surface area contributed by atoms with Crippen LogP contribution >= 0.6 is 0 Å². The van der Waals surface area contributed by atoms with Gasteiger partial charge in [0.15, 0.2) is 0 Å². The van der Waals surface area contributed by atoms with Gasteiger partial charge in [0, 0.05) is 23.0 Å². The molecule has 0 spiro atoms. The molecule has 0 aromatic heterocycles. The van der Waals surface area contributed by atoms with Crippen molar-refractivity contribution in [2.45, 2.75) is 26.7 Å². The number of ether oxygens (including phenoxy) is 2. The first-order valence-corrected chi connectivity index (χ1v) is 6.11. The first kappa shape index (κ1) is 22.2. The minimum atomic E-state index is -1.28. The van der Waals surface area contributed by atoms with Crippen molar-refractivity contribution < 1.29 is 58.5 Å². The number of esters is 2. The largest absolute Gasteiger partial charge is 1.00 e. The molecule has 7 heteroatoms. The first-order chi connectivity index (χ1) is 9.25. The van der Waals surface area contributed by atoms with E-state index in [2.05, 4.69) is 13.2 Å². The zero-order chi connectivity index (χ0) is 15.7. The van der Waals surface area contributed by atoms with Crippen molar-refractivity contribution in [3.05, 3.63) is 24.3 Å². The summed E-state index contributed by atoms with van der Waals surface area (Å²) in [5.41, 5.74) is 0.482. The summed E-state index contributed by atoms with van der Waals surface area (Å²) in [4.78, 5) is 33.1. The maximum Gasteiger partial charge on any atom is 1.00 e. The van der Waals surface area contributed by atoms with Crippen LogP contribution in [0.4, 0.5) is 0 Å². The predicted molar refractivity (Wildman–Crippen MR) is 69.3 cm³/mol. The van der Waals surface area contributed by atoms with E-state index in [0.29, 0.717) is 0 Å². The zero-order valence-corrected chi connectivity index (χ0v) is 14.8. The standard InChI is InChI=1S/C14H20O6.Na/c1-9(2)13(17)19-7-5-11(12(15)16)6-8-20-14(18)10(3)4;/h11H,1,3,5-8H2,2,4H3,(H,15,16);/q;+1/p-1. The fourth-order valence-corrected chi connectivity index (χ4v) is 1.21. The van der Waals surface area contributed by atoms with E-state index >= 15 is 0 Å². The summed E-state index contributed by atoms with van der Waals surface area (Å²) in [6.07, 6.45) is 0.179. The van der Waals surface area contributed by atoms with Gasteiger partial charge < -0.3 is 19.4 Å². The molecule has 0 rings (SSSR count). The molecule has 0 heterocycles. The van der Waals surface area contributed by atoms with Crippen LogP contribution in [0.25, 0.3) is 0 Å². The molecule has 0 bridgehead atoms. The quantitative estimate of drug-likeness (QED) is 0.263. The van der Waals surface area contributed by atoms with Gasteiger partial charge in [0.2, 0.25) is 0 Å². The number of carboxylic acid groups (broad SMARTS) is 1. The molecule has 0 radical (unpaired) electrons. The molecule has 0 fully saturated rings. The molecule has 0 amide bonds. The SMILES string of the molecule is C=C(C)C(=O)OCCC(CCOC(=O)C(=C)C)C(=O)[O-].[Na+]. The average molecular weight is 306 g/mol. The summed E-state index contributed by atoms with van der Waals surface area (Å²) in [7, 11) is 0. The molecule has 0 aromatic carbocycles. The second-order valence-corrected chi connectivity index (χ2v) is 4.43. The molecule has 0 atom stereocenters. The van der Waals surface area contributed by atoms with Crippen molar-refractivity contribution >= 4 is 17.9 Å². The van der Waals surface area contributed by atoms with Gasteiger partial charge in [0.1, 0.15) is 0 Å². The van der Waals surface area contributed by atoms with Gasteiger partial charge in [-0.2, -0.15) is 0 Å². The van der Waals surface area contributed by atoms with Crippen molar-refractivity contribution in [3.8, 4) is 0 Å². The van der Waals surface area contributed by atoms with Gasteiger partial charge in [-0.1, -0.05) is 13.2 Å². The molecule has 0 aromatic rings. The molecule has 0 saturated carbocycles. The van der Waals surface area contributed by atoms with Crippen molar-refractivity contribution in [3.63, 3.8) is 0 Å². The van der Waals surface area contributed by atoms with Crippen LogP contribution in [-0.2, 0) is 23.9 Å². The fourth-order valence-electron chi connectivity index (χ4n) is 1.21. The van der Waals surface area contributed by atoms with Crippen LogP contribution in [0.15, 0.2) is 24.3 Å². The monoisotopic (exact) mass is 306 g/mol. The van der Waals surface area contributed by atoms with Crippen molar-refractivity contribution in [1.29, 1.82) is 0 Å². The van der Waals surface area contributed by atoms with Crippen LogP contribution < -0.4 is 34.7 Å². The number of aliphatic carboxylic acids is 1. The van der Waals surface area contributed by atoms with E-state index in [1.807, 2.05) is 0 Å². The fraction of sp³-hybridized carbons (Fsp3) is 0.500. The van der Waals surface area contributed by atoms with Gasteiger partial charge >= 0.3 is 41.5 Å². The van der Waals surface area contributed by atoms with E-state index in [9.17, 15) is 19.5 Å². The Morgan fingerprint density at radius 2 is 1.29 bits per heavy atom. The van der Waals surface area contributed by atoms with Gasteiger partial charge in [0.05, 0.1) is 13.2 Å². The van der Waals surface area contributed by atoms with Gasteiger partial charge in [-0.3, -0.25) is 0 Å². The van der Waals surface area contributed by atoms with E-state index in [-0.39, 0.29) is 66.8 Å². The van der Waals surface area contributed by atoms with Gasteiger partial charge in [-0.05, 0) is 26.7 Å². The van der Waals surface area contributed by atoms with Crippen LogP contribution in [0, 0.1) is 5.92 Å². The molecular formula is C14H19NaO6. The van der Waals surface area contributed by atoms with Crippen molar-refractivity contribution in [1.82, 2.24) is 0 Å². The minimum absolute atomic E-state index is 0. The predicted octanol–water partition coefficient (Wildman–Crippen LogP) is -2.62. The van der Waals surface area contributed by atoms with E-state index in [1.165, 1.54) is 13.8 Å². The zero-order valence-electron chi connectivity index (χ0n) is 12.8. The van der Waals surface area contributed by atoms with Crippen LogP contribution in [-0.4, -0.2) is 31.1 Å². The summed E-state index contributed by atoms with van der Waals surface area (Å²) in [5.74, 6) is -3.28. The van der Waals surface area contributed by atoms with Gasteiger partial charge in [-0.15, -0.1) is 0 Å². The van der Waals surface area contributed by atoms with Gasteiger partial charge in [0.25, 0.3) is 0 Å². The van der Waals surface area contributed by atoms with Crippen LogP contribution in [0.1, 0.15) is 26.7 Å². The van der Waals surface area contributed by atoms with E-state index in [4.69, 9.17) is 9.47 Å². The summed E-state index contributed by atoms with van der Waals surface area (Å²) < 4.78 is 9.60. The van der Waals surface area contributed by atoms with Crippen LogP contribution in [0.2, 0.25) is 0 Å². The Hall–Kier alpha value is -1.11. The number of hydrogen-bond acceptors (Lipinski definition) is 6. The summed E-state index contributed by atoms with van der Waals surface area (Å²) >= 11 is 0. The second-order valence-electron chi connectivity index (χ2n) is 4.43. The second kappa shape index (κ2) is 11.5. The number of hydrogen-bond donors (Lipinski definition) is 0. The number of carbonyl (C=O) groups is 3. The van der Waals surface area contributed by atoms with E-state index in [0.717, 1.165) is 0 Å². The molecule has 0 unspecified atom stereocenters. The van der Waals surface area contributed by atoms with Gasteiger partial charge in [-0.25, -0.2) is 9.59 Å². The third-order valence-corrected chi connectivity index (χ3v) is 2.43. The molecule has 0 aliphatic heterocycles. The first-order valence-electron chi connectivity index (χ1n) is 6.11. The Morgan fingerprint density at radius 3 is 1.52 bits per heavy atom. The number of rotatable bonds is 9. The summed E-state index contributed by atoms with van der Waals surface area (Å²) in [6.45, 7) is 9.69. The molecule has 0 saturated heterocycles. The average Bonchev–Trinajstić information content (AvgIpc) is 2.35. The van der Waals surface area contributed by atoms with Crippen LogP contribution in [0.5, 0.6) is 0 Å². The molecule has 6 nitrogen and oxygen atoms in total. The third kappa shape index (κ3) is 10.3. The maximum atomic E-state index is 11.1. The Balaban J connectivity index is 0.